The highest BCUT2D eigenvalue weighted by atomic mass is 16.5. The summed E-state index contributed by atoms with van der Waals surface area (Å²) in [6.07, 6.45) is 6.72. The molecule has 1 saturated heterocycles. The second-order valence-electron chi connectivity index (χ2n) is 7.27. The van der Waals surface area contributed by atoms with E-state index in [0.29, 0.717) is 5.41 Å². The lowest BCUT2D eigenvalue weighted by molar-refractivity contribution is 0.151. The molecule has 1 N–H and O–H groups in total. The number of guanidine groups is 1. The topological polar surface area (TPSA) is 36.9 Å². The SMILES string of the molecule is CCNC(=NCC1Cc2ccccc2O1)N1CCC2(CCC2)C1. The van der Waals surface area contributed by atoms with E-state index in [4.69, 9.17) is 9.73 Å². The van der Waals surface area contributed by atoms with Gasteiger partial charge in [-0.2, -0.15) is 0 Å². The van der Waals surface area contributed by atoms with Crippen LogP contribution in [0.3, 0.4) is 0 Å². The number of benzene rings is 1. The van der Waals surface area contributed by atoms with E-state index < -0.39 is 0 Å². The van der Waals surface area contributed by atoms with Gasteiger partial charge in [0.1, 0.15) is 11.9 Å². The minimum absolute atomic E-state index is 0.182. The molecule has 0 amide bonds. The molecule has 124 valence electrons. The lowest BCUT2D eigenvalue weighted by atomic mass is 9.68. The summed E-state index contributed by atoms with van der Waals surface area (Å²) in [5, 5.41) is 3.48. The zero-order valence-electron chi connectivity index (χ0n) is 14.1. The molecule has 1 saturated carbocycles. The number of para-hydroxylation sites is 1. The summed E-state index contributed by atoms with van der Waals surface area (Å²) in [4.78, 5) is 7.35. The maximum absolute atomic E-state index is 6.02. The van der Waals surface area contributed by atoms with Crippen molar-refractivity contribution in [2.24, 2.45) is 10.4 Å². The van der Waals surface area contributed by atoms with Gasteiger partial charge in [0.05, 0.1) is 6.54 Å². The van der Waals surface area contributed by atoms with Crippen LogP contribution in [-0.4, -0.2) is 43.1 Å². The molecule has 3 aliphatic rings. The normalized spacial score (nSPS) is 25.2. The number of hydrogen-bond acceptors (Lipinski definition) is 2. The molecule has 0 aromatic heterocycles. The van der Waals surface area contributed by atoms with Gasteiger partial charge < -0.3 is 15.0 Å². The number of aliphatic imine (C=N–C) groups is 1. The van der Waals surface area contributed by atoms with E-state index in [0.717, 1.165) is 37.8 Å². The van der Waals surface area contributed by atoms with Crippen LogP contribution < -0.4 is 10.1 Å². The van der Waals surface area contributed by atoms with Crippen LogP contribution in [0.2, 0.25) is 0 Å². The van der Waals surface area contributed by atoms with Crippen LogP contribution in [0.1, 0.15) is 38.2 Å². The van der Waals surface area contributed by atoms with E-state index in [-0.39, 0.29) is 6.10 Å². The molecule has 1 aromatic carbocycles. The summed E-state index contributed by atoms with van der Waals surface area (Å²) in [5.41, 5.74) is 1.92. The lowest BCUT2D eigenvalue weighted by Crippen LogP contribution is -2.43. The van der Waals surface area contributed by atoms with Crippen molar-refractivity contribution < 1.29 is 4.74 Å². The second-order valence-corrected chi connectivity index (χ2v) is 7.27. The molecular formula is C19H27N3O. The van der Waals surface area contributed by atoms with Gasteiger partial charge >= 0.3 is 0 Å². The Balaban J connectivity index is 1.39. The summed E-state index contributed by atoms with van der Waals surface area (Å²) in [6.45, 7) is 6.14. The number of hydrogen-bond donors (Lipinski definition) is 1. The first kappa shape index (κ1) is 14.9. The van der Waals surface area contributed by atoms with Crippen molar-refractivity contribution in [3.63, 3.8) is 0 Å². The van der Waals surface area contributed by atoms with E-state index in [2.05, 4.69) is 35.3 Å². The summed E-state index contributed by atoms with van der Waals surface area (Å²) in [7, 11) is 0. The molecular weight excluding hydrogens is 286 g/mol. The quantitative estimate of drug-likeness (QED) is 0.689. The van der Waals surface area contributed by atoms with Crippen molar-refractivity contribution in [1.29, 1.82) is 0 Å². The molecule has 1 aliphatic carbocycles. The zero-order chi connectivity index (χ0) is 15.7. The highest BCUT2D eigenvalue weighted by molar-refractivity contribution is 5.80. The Morgan fingerprint density at radius 2 is 2.22 bits per heavy atom. The van der Waals surface area contributed by atoms with Gasteiger partial charge in [0, 0.05) is 26.1 Å². The third kappa shape index (κ3) is 2.91. The number of nitrogens with one attached hydrogen (secondary N) is 1. The monoisotopic (exact) mass is 313 g/mol. The van der Waals surface area contributed by atoms with E-state index in [1.165, 1.54) is 37.8 Å². The molecule has 2 aliphatic heterocycles. The maximum Gasteiger partial charge on any atom is 0.194 e. The summed E-state index contributed by atoms with van der Waals surface area (Å²) >= 11 is 0. The fraction of sp³-hybridized carbons (Fsp3) is 0.632. The molecule has 1 atom stereocenters. The zero-order valence-corrected chi connectivity index (χ0v) is 14.1. The van der Waals surface area contributed by atoms with Crippen molar-refractivity contribution in [3.8, 4) is 5.75 Å². The molecule has 23 heavy (non-hydrogen) atoms. The van der Waals surface area contributed by atoms with Gasteiger partial charge in [-0.05, 0) is 43.2 Å². The Hall–Kier alpha value is -1.71. The third-order valence-corrected chi connectivity index (χ3v) is 5.65. The minimum atomic E-state index is 0.182. The molecule has 1 spiro atoms. The van der Waals surface area contributed by atoms with Crippen LogP contribution in [0.25, 0.3) is 0 Å². The Bertz CT molecular complexity index is 569. The van der Waals surface area contributed by atoms with Gasteiger partial charge in [-0.25, -0.2) is 4.99 Å². The van der Waals surface area contributed by atoms with Crippen LogP contribution in [0.5, 0.6) is 5.75 Å². The van der Waals surface area contributed by atoms with Crippen LogP contribution in [0.4, 0.5) is 0 Å². The summed E-state index contributed by atoms with van der Waals surface area (Å²) in [5.74, 6) is 2.11. The van der Waals surface area contributed by atoms with Crippen molar-refractivity contribution in [2.45, 2.75) is 45.1 Å². The van der Waals surface area contributed by atoms with Crippen molar-refractivity contribution in [1.82, 2.24) is 10.2 Å². The Morgan fingerprint density at radius 1 is 1.35 bits per heavy atom. The van der Waals surface area contributed by atoms with Crippen LogP contribution in [-0.2, 0) is 6.42 Å². The standard InChI is InChI=1S/C19H27N3O/c1-2-20-18(22-11-10-19(14-22)8-5-9-19)21-13-16-12-15-6-3-4-7-17(15)23-16/h3-4,6-7,16H,2,5,8-14H2,1H3,(H,20,21). The Kier molecular flexibility index (Phi) is 3.92. The molecule has 4 rings (SSSR count). The third-order valence-electron chi connectivity index (χ3n) is 5.65. The highest BCUT2D eigenvalue weighted by Crippen LogP contribution is 2.47. The van der Waals surface area contributed by atoms with Gasteiger partial charge in [0.15, 0.2) is 5.96 Å². The lowest BCUT2D eigenvalue weighted by Gasteiger charge is -2.38. The second kappa shape index (κ2) is 6.06. The van der Waals surface area contributed by atoms with Crippen LogP contribution in [0.15, 0.2) is 29.3 Å². The predicted molar refractivity (Wildman–Crippen MR) is 93.0 cm³/mol. The average Bonchev–Trinajstić information content (AvgIpc) is 3.15. The first-order valence-electron chi connectivity index (χ1n) is 9.06. The molecule has 1 unspecified atom stereocenters. The molecule has 0 bridgehead atoms. The molecule has 2 fully saturated rings. The smallest absolute Gasteiger partial charge is 0.194 e. The van der Waals surface area contributed by atoms with Gasteiger partial charge in [-0.1, -0.05) is 24.6 Å². The largest absolute Gasteiger partial charge is 0.488 e. The van der Waals surface area contributed by atoms with E-state index in [1.807, 2.05) is 6.07 Å². The highest BCUT2D eigenvalue weighted by Gasteiger charge is 2.43. The first-order valence-corrected chi connectivity index (χ1v) is 9.06. The number of rotatable bonds is 3. The van der Waals surface area contributed by atoms with E-state index >= 15 is 0 Å². The molecule has 0 radical (unpaired) electrons. The number of nitrogens with zero attached hydrogens (tertiary/aromatic N) is 2. The Labute approximate surface area is 138 Å². The van der Waals surface area contributed by atoms with Crippen molar-refractivity contribution in [2.75, 3.05) is 26.2 Å². The average molecular weight is 313 g/mol. The number of ether oxygens (including phenoxy) is 1. The Morgan fingerprint density at radius 3 is 2.91 bits per heavy atom. The number of fused-ring (bicyclic) bond motifs is 1. The molecule has 4 nitrogen and oxygen atoms in total. The predicted octanol–water partition coefficient (Wildman–Crippen LogP) is 2.83. The summed E-state index contributed by atoms with van der Waals surface area (Å²) in [6, 6.07) is 8.34. The van der Waals surface area contributed by atoms with Gasteiger partial charge in [-0.3, -0.25) is 0 Å². The maximum atomic E-state index is 6.02. The fourth-order valence-electron chi connectivity index (χ4n) is 4.17. The molecule has 2 heterocycles. The van der Waals surface area contributed by atoms with Crippen LogP contribution >= 0.6 is 0 Å². The number of likely N-dealkylation sites (tertiary alicyclic amines) is 1. The van der Waals surface area contributed by atoms with Crippen molar-refractivity contribution in [3.05, 3.63) is 29.8 Å². The minimum Gasteiger partial charge on any atom is -0.488 e. The van der Waals surface area contributed by atoms with Gasteiger partial charge in [0.2, 0.25) is 0 Å². The summed E-state index contributed by atoms with van der Waals surface area (Å²) < 4.78 is 6.02. The first-order chi connectivity index (χ1) is 11.3. The van der Waals surface area contributed by atoms with E-state index in [9.17, 15) is 0 Å². The van der Waals surface area contributed by atoms with Crippen LogP contribution in [0, 0.1) is 5.41 Å². The molecule has 4 heteroatoms. The van der Waals surface area contributed by atoms with Gasteiger partial charge in [0.25, 0.3) is 0 Å². The van der Waals surface area contributed by atoms with E-state index in [1.54, 1.807) is 0 Å². The van der Waals surface area contributed by atoms with Gasteiger partial charge in [-0.15, -0.1) is 0 Å². The van der Waals surface area contributed by atoms with Crippen molar-refractivity contribution >= 4 is 5.96 Å². The molecule has 1 aromatic rings. The fourth-order valence-corrected chi connectivity index (χ4v) is 4.17.